The van der Waals surface area contributed by atoms with Crippen LogP contribution in [0.15, 0.2) is 28.0 Å². The van der Waals surface area contributed by atoms with Gasteiger partial charge in [-0.2, -0.15) is 0 Å². The molecule has 0 saturated heterocycles. The van der Waals surface area contributed by atoms with E-state index in [0.717, 1.165) is 29.8 Å². The third kappa shape index (κ3) is 3.60. The second-order valence-electron chi connectivity index (χ2n) is 5.79. The zero-order chi connectivity index (χ0) is 16.7. The molecule has 1 fully saturated rings. The number of primary sulfonamides is 1. The van der Waals surface area contributed by atoms with Crippen LogP contribution in [0.3, 0.4) is 0 Å². The van der Waals surface area contributed by atoms with Crippen LogP contribution < -0.4 is 10.0 Å². The summed E-state index contributed by atoms with van der Waals surface area (Å²) < 4.78 is 49.0. The van der Waals surface area contributed by atoms with Crippen molar-refractivity contribution < 1.29 is 16.8 Å². The number of nitrogens with two attached hydrogens (primary N) is 1. The summed E-state index contributed by atoms with van der Waals surface area (Å²) in [6, 6.07) is 4.03. The molecule has 1 aliphatic rings. The van der Waals surface area contributed by atoms with Crippen molar-refractivity contribution in [2.24, 2.45) is 11.1 Å². The van der Waals surface area contributed by atoms with Crippen LogP contribution in [0.2, 0.25) is 0 Å². The molecule has 124 valence electrons. The number of nitrogens with zero attached hydrogens (tertiary/aromatic N) is 2. The Morgan fingerprint density at radius 3 is 2.18 bits per heavy atom. The van der Waals surface area contributed by atoms with Crippen LogP contribution in [0.4, 0.5) is 5.69 Å². The van der Waals surface area contributed by atoms with Gasteiger partial charge in [-0.25, -0.2) is 26.3 Å². The zero-order valence-corrected chi connectivity index (χ0v) is 14.5. The molecule has 1 aliphatic carbocycles. The van der Waals surface area contributed by atoms with Crippen molar-refractivity contribution in [3.8, 4) is 0 Å². The molecule has 2 rings (SSSR count). The number of benzene rings is 1. The van der Waals surface area contributed by atoms with Crippen molar-refractivity contribution in [3.63, 3.8) is 0 Å². The van der Waals surface area contributed by atoms with Crippen LogP contribution >= 0.6 is 0 Å². The van der Waals surface area contributed by atoms with Crippen LogP contribution in [0, 0.1) is 5.92 Å². The average molecular weight is 347 g/mol. The first kappa shape index (κ1) is 17.2. The molecule has 0 aliphatic heterocycles. The van der Waals surface area contributed by atoms with E-state index in [9.17, 15) is 16.8 Å². The van der Waals surface area contributed by atoms with Gasteiger partial charge in [0, 0.05) is 27.7 Å². The van der Waals surface area contributed by atoms with Gasteiger partial charge in [0.15, 0.2) is 0 Å². The monoisotopic (exact) mass is 347 g/mol. The van der Waals surface area contributed by atoms with Gasteiger partial charge in [-0.15, -0.1) is 0 Å². The van der Waals surface area contributed by atoms with E-state index in [0.29, 0.717) is 11.6 Å². The van der Waals surface area contributed by atoms with E-state index in [4.69, 9.17) is 5.14 Å². The summed E-state index contributed by atoms with van der Waals surface area (Å²) in [5.74, 6) is 0.559. The molecule has 9 heteroatoms. The fraction of sp³-hybridized carbons (Fsp3) is 0.538. The normalized spacial score (nSPS) is 16.0. The van der Waals surface area contributed by atoms with Gasteiger partial charge < -0.3 is 4.90 Å². The van der Waals surface area contributed by atoms with E-state index in [1.54, 1.807) is 7.05 Å². The Kier molecular flexibility index (Phi) is 4.54. The van der Waals surface area contributed by atoms with E-state index in [-0.39, 0.29) is 9.79 Å². The highest BCUT2D eigenvalue weighted by Gasteiger charge is 2.27. The maximum Gasteiger partial charge on any atom is 0.242 e. The predicted octanol–water partition coefficient (Wildman–Crippen LogP) is 0.431. The van der Waals surface area contributed by atoms with Crippen LogP contribution in [0.5, 0.6) is 0 Å². The molecule has 7 nitrogen and oxygen atoms in total. The van der Waals surface area contributed by atoms with Crippen molar-refractivity contribution in [2.75, 3.05) is 32.6 Å². The zero-order valence-electron chi connectivity index (χ0n) is 12.9. The summed E-state index contributed by atoms with van der Waals surface area (Å²) in [6.45, 7) is 0.725. The maximum atomic E-state index is 12.2. The summed E-state index contributed by atoms with van der Waals surface area (Å²) in [5, 5.41) is 5.27. The lowest BCUT2D eigenvalue weighted by molar-refractivity contribution is 0.520. The predicted molar refractivity (Wildman–Crippen MR) is 84.7 cm³/mol. The highest BCUT2D eigenvalue weighted by atomic mass is 32.2. The van der Waals surface area contributed by atoms with Gasteiger partial charge in [0.25, 0.3) is 0 Å². The van der Waals surface area contributed by atoms with Crippen molar-refractivity contribution in [1.82, 2.24) is 4.31 Å². The average Bonchev–Trinajstić information content (AvgIpc) is 3.20. The first-order valence-electron chi connectivity index (χ1n) is 6.84. The minimum atomic E-state index is -4.03. The standard InChI is InChI=1S/C13H21N3O4S2/c1-15(2)22(19,20)11-6-7-12(13(8-11)21(14,17)18)16(3)9-10-4-5-10/h6-8,10H,4-5,9H2,1-3H3,(H2,14,17,18). The fourth-order valence-corrected chi connectivity index (χ4v) is 4.00. The summed E-state index contributed by atoms with van der Waals surface area (Å²) in [5.41, 5.74) is 0.423. The fourth-order valence-electron chi connectivity index (χ4n) is 2.20. The number of anilines is 1. The Balaban J connectivity index is 2.52. The number of rotatable bonds is 6. The van der Waals surface area contributed by atoms with Crippen molar-refractivity contribution >= 4 is 25.7 Å². The highest BCUT2D eigenvalue weighted by Crippen LogP contribution is 2.33. The van der Waals surface area contributed by atoms with Gasteiger partial charge in [-0.05, 0) is 37.0 Å². The van der Waals surface area contributed by atoms with Gasteiger partial charge in [-0.1, -0.05) is 0 Å². The number of sulfonamides is 2. The Hall–Kier alpha value is -1.16. The van der Waals surface area contributed by atoms with Gasteiger partial charge >= 0.3 is 0 Å². The van der Waals surface area contributed by atoms with Crippen molar-refractivity contribution in [3.05, 3.63) is 18.2 Å². The molecule has 0 spiro atoms. The van der Waals surface area contributed by atoms with Crippen LogP contribution in [-0.2, 0) is 20.0 Å². The summed E-state index contributed by atoms with van der Waals surface area (Å²) in [6.07, 6.45) is 2.25. The van der Waals surface area contributed by atoms with Crippen LogP contribution in [0.1, 0.15) is 12.8 Å². The molecule has 0 radical (unpaired) electrons. The number of hydrogen-bond acceptors (Lipinski definition) is 5. The Bertz CT molecular complexity index is 768. The lowest BCUT2D eigenvalue weighted by atomic mass is 10.2. The second kappa shape index (κ2) is 5.80. The molecule has 2 N–H and O–H groups in total. The molecule has 1 aromatic rings. The molecule has 0 amide bonds. The molecule has 0 atom stereocenters. The second-order valence-corrected chi connectivity index (χ2v) is 9.47. The molecule has 1 saturated carbocycles. The molecule has 22 heavy (non-hydrogen) atoms. The minimum Gasteiger partial charge on any atom is -0.373 e. The molecular formula is C13H21N3O4S2. The van der Waals surface area contributed by atoms with E-state index in [2.05, 4.69) is 0 Å². The largest absolute Gasteiger partial charge is 0.373 e. The maximum absolute atomic E-state index is 12.2. The van der Waals surface area contributed by atoms with Gasteiger partial charge in [0.2, 0.25) is 20.0 Å². The first-order chi connectivity index (χ1) is 10.0. The van der Waals surface area contributed by atoms with Gasteiger partial charge in [-0.3, -0.25) is 0 Å². The lowest BCUT2D eigenvalue weighted by Gasteiger charge is -2.22. The molecular weight excluding hydrogens is 326 g/mol. The van der Waals surface area contributed by atoms with Gasteiger partial charge in [0.1, 0.15) is 4.90 Å². The van der Waals surface area contributed by atoms with Gasteiger partial charge in [0.05, 0.1) is 10.6 Å². The van der Waals surface area contributed by atoms with E-state index in [1.165, 1.54) is 26.2 Å². The molecule has 0 unspecified atom stereocenters. The Morgan fingerprint density at radius 1 is 1.14 bits per heavy atom. The molecule has 0 aromatic heterocycles. The van der Waals surface area contributed by atoms with Crippen molar-refractivity contribution in [2.45, 2.75) is 22.6 Å². The minimum absolute atomic E-state index is 0.0925. The summed E-state index contributed by atoms with van der Waals surface area (Å²) in [7, 11) is -3.19. The van der Waals surface area contributed by atoms with Crippen LogP contribution in [-0.4, -0.2) is 48.8 Å². The van der Waals surface area contributed by atoms with E-state index in [1.807, 2.05) is 4.90 Å². The molecule has 0 bridgehead atoms. The number of hydrogen-bond donors (Lipinski definition) is 1. The van der Waals surface area contributed by atoms with E-state index >= 15 is 0 Å². The molecule has 0 heterocycles. The Labute approximate surface area is 131 Å². The third-order valence-electron chi connectivity index (χ3n) is 3.66. The SMILES string of the molecule is CN(CC1CC1)c1ccc(S(=O)(=O)N(C)C)cc1S(N)(=O)=O. The molecule has 1 aromatic carbocycles. The third-order valence-corrected chi connectivity index (χ3v) is 6.41. The smallest absolute Gasteiger partial charge is 0.242 e. The Morgan fingerprint density at radius 2 is 1.73 bits per heavy atom. The first-order valence-corrected chi connectivity index (χ1v) is 9.82. The quantitative estimate of drug-likeness (QED) is 0.804. The summed E-state index contributed by atoms with van der Waals surface area (Å²) in [4.78, 5) is 1.55. The highest BCUT2D eigenvalue weighted by molar-refractivity contribution is 7.90. The lowest BCUT2D eigenvalue weighted by Crippen LogP contribution is -2.26. The van der Waals surface area contributed by atoms with E-state index < -0.39 is 20.0 Å². The van der Waals surface area contributed by atoms with Crippen LogP contribution in [0.25, 0.3) is 0 Å². The topological polar surface area (TPSA) is 101 Å². The van der Waals surface area contributed by atoms with Crippen molar-refractivity contribution in [1.29, 1.82) is 0 Å². The summed E-state index contributed by atoms with van der Waals surface area (Å²) >= 11 is 0.